The first-order valence-electron chi connectivity index (χ1n) is 26.7. The number of piperidine rings is 2. The largest absolute Gasteiger partial charge is 0.339 e. The first-order chi connectivity index (χ1) is 33.9. The SMILES string of the molecule is CCNC(=O)Nc1ccc(C(=O)N2CCC(C)(N3CCN([C@@H](CC)c4ccc(C)cc4)[C@@H](C)C3)CC2)c(C)c1.Cc1cccc(C)c1C(=O)N1CCC(C)(N2CCN([C@@H](C)c3ccncc3)[C@@H](C)C2)CC1. The second-order valence-corrected chi connectivity index (χ2v) is 21.7. The molecule has 0 radical (unpaired) electrons. The van der Waals surface area contributed by atoms with Crippen LogP contribution in [0, 0.1) is 27.7 Å². The van der Waals surface area contributed by atoms with Gasteiger partial charge in [0.2, 0.25) is 0 Å². The third-order valence-corrected chi connectivity index (χ3v) is 16.8. The number of pyridine rings is 1. The molecule has 4 fully saturated rings. The number of nitrogens with zero attached hydrogens (tertiary/aromatic N) is 7. The van der Waals surface area contributed by atoms with Gasteiger partial charge in [-0.1, -0.05) is 55.0 Å². The quantitative estimate of drug-likeness (QED) is 0.153. The van der Waals surface area contributed by atoms with Crippen molar-refractivity contribution in [1.82, 2.24) is 39.7 Å². The second-order valence-electron chi connectivity index (χ2n) is 21.7. The molecule has 71 heavy (non-hydrogen) atoms. The van der Waals surface area contributed by atoms with Crippen LogP contribution in [0.5, 0.6) is 0 Å². The lowest BCUT2D eigenvalue weighted by atomic mass is 9.85. The summed E-state index contributed by atoms with van der Waals surface area (Å²) in [6.45, 7) is 34.4. The van der Waals surface area contributed by atoms with Crippen LogP contribution in [0.1, 0.15) is 147 Å². The number of urea groups is 1. The number of nitrogens with one attached hydrogen (secondary N) is 2. The van der Waals surface area contributed by atoms with Gasteiger partial charge in [-0.15, -0.1) is 0 Å². The molecule has 4 atom stereocenters. The highest BCUT2D eigenvalue weighted by Crippen LogP contribution is 2.36. The van der Waals surface area contributed by atoms with Crippen LogP contribution in [0.4, 0.5) is 10.5 Å². The maximum absolute atomic E-state index is 13.4. The zero-order valence-electron chi connectivity index (χ0n) is 45.1. The van der Waals surface area contributed by atoms with E-state index < -0.39 is 0 Å². The van der Waals surface area contributed by atoms with Crippen LogP contribution in [0.2, 0.25) is 0 Å². The molecule has 4 aliphatic rings. The highest BCUT2D eigenvalue weighted by molar-refractivity contribution is 5.98. The van der Waals surface area contributed by atoms with Crippen LogP contribution in [0.15, 0.2) is 85.2 Å². The Morgan fingerprint density at radius 3 is 1.69 bits per heavy atom. The summed E-state index contributed by atoms with van der Waals surface area (Å²) >= 11 is 0. The van der Waals surface area contributed by atoms with E-state index in [2.05, 4.69) is 125 Å². The van der Waals surface area contributed by atoms with Crippen molar-refractivity contribution in [2.45, 2.75) is 144 Å². The van der Waals surface area contributed by atoms with Crippen molar-refractivity contribution < 1.29 is 14.4 Å². The zero-order valence-corrected chi connectivity index (χ0v) is 45.1. The monoisotopic (exact) mass is 968 g/mol. The van der Waals surface area contributed by atoms with Crippen molar-refractivity contribution in [3.63, 3.8) is 0 Å². The fraction of sp³-hybridized carbons (Fsp3) is 0.559. The number of amides is 4. The number of aryl methyl sites for hydroxylation is 4. The van der Waals surface area contributed by atoms with Gasteiger partial charge in [0, 0.05) is 136 Å². The number of hydrogen-bond donors (Lipinski definition) is 2. The van der Waals surface area contributed by atoms with Gasteiger partial charge in [0.15, 0.2) is 0 Å². The molecule has 0 aliphatic carbocycles. The number of likely N-dealkylation sites (tertiary alicyclic amines) is 2. The molecule has 5 heterocycles. The van der Waals surface area contributed by atoms with Gasteiger partial charge in [-0.2, -0.15) is 0 Å². The highest BCUT2D eigenvalue weighted by Gasteiger charge is 2.43. The van der Waals surface area contributed by atoms with Gasteiger partial charge in [-0.3, -0.25) is 34.2 Å². The summed E-state index contributed by atoms with van der Waals surface area (Å²) in [7, 11) is 0. The molecule has 8 rings (SSSR count). The van der Waals surface area contributed by atoms with Crippen LogP contribution in [0.25, 0.3) is 0 Å². The summed E-state index contributed by atoms with van der Waals surface area (Å²) in [5.41, 5.74) is 9.68. The molecule has 3 aromatic carbocycles. The molecular formula is C59H85N9O3. The smallest absolute Gasteiger partial charge is 0.319 e. The average molecular weight is 968 g/mol. The fourth-order valence-corrected chi connectivity index (χ4v) is 12.1. The van der Waals surface area contributed by atoms with E-state index >= 15 is 0 Å². The van der Waals surface area contributed by atoms with E-state index in [0.29, 0.717) is 42.0 Å². The molecule has 0 saturated carbocycles. The van der Waals surface area contributed by atoms with Crippen LogP contribution in [0.3, 0.4) is 0 Å². The minimum absolute atomic E-state index is 0.0844. The molecule has 12 heteroatoms. The van der Waals surface area contributed by atoms with Crippen LogP contribution in [-0.4, -0.2) is 147 Å². The molecule has 4 aromatic rings. The standard InChI is InChI=1S/C32H47N5O2.C27H38N4O/c1-7-29(26-11-9-23(3)10-12-26)37-20-19-36(22-25(37)5)32(6)15-17-35(18-16-32)30(38)28-14-13-27(21-24(28)4)34-31(39)33-8-2;1-20-7-6-8-21(2)25(20)26(32)29-15-11-27(5,12-16-29)30-17-18-31(22(3)19-30)23(4)24-9-13-28-14-10-24/h9-14,21,25,29H,7-8,15-20,22H2,1-6H3,(H2,33,34,39);6-10,13-14,22-23H,11-12,15-19H2,1-5H3/t25-,29-;22-,23-/m00/s1. The number of carbonyl (C=O) groups excluding carboxylic acids is 3. The Kier molecular flexibility index (Phi) is 17.8. The molecular weight excluding hydrogens is 883 g/mol. The van der Waals surface area contributed by atoms with Crippen LogP contribution >= 0.6 is 0 Å². The Balaban J connectivity index is 0.000000213. The number of hydrogen-bond acceptors (Lipinski definition) is 8. The van der Waals surface area contributed by atoms with Crippen molar-refractivity contribution in [2.24, 2.45) is 0 Å². The second kappa shape index (κ2) is 23.6. The number of piperazine rings is 2. The molecule has 4 amide bonds. The predicted octanol–water partition coefficient (Wildman–Crippen LogP) is 10.1. The molecule has 0 spiro atoms. The van der Waals surface area contributed by atoms with Crippen molar-refractivity contribution in [1.29, 1.82) is 0 Å². The molecule has 0 bridgehead atoms. The van der Waals surface area contributed by atoms with Gasteiger partial charge in [-0.05, 0) is 159 Å². The predicted molar refractivity (Wildman–Crippen MR) is 289 cm³/mol. The molecule has 2 N–H and O–H groups in total. The number of carbonyl (C=O) groups is 3. The molecule has 4 aliphatic heterocycles. The summed E-state index contributed by atoms with van der Waals surface area (Å²) in [6.07, 6.45) is 8.94. The lowest BCUT2D eigenvalue weighted by molar-refractivity contribution is -0.0305. The minimum atomic E-state index is -0.234. The minimum Gasteiger partial charge on any atom is -0.339 e. The molecule has 1 aromatic heterocycles. The number of rotatable bonds is 11. The lowest BCUT2D eigenvalue weighted by Crippen LogP contribution is -2.62. The van der Waals surface area contributed by atoms with E-state index in [4.69, 9.17) is 0 Å². The van der Waals surface area contributed by atoms with Gasteiger partial charge in [0.05, 0.1) is 0 Å². The molecule has 384 valence electrons. The Labute approximate surface area is 426 Å². The Morgan fingerprint density at radius 2 is 1.18 bits per heavy atom. The van der Waals surface area contributed by atoms with Crippen LogP contribution in [-0.2, 0) is 0 Å². The first kappa shape index (κ1) is 53.7. The van der Waals surface area contributed by atoms with E-state index in [9.17, 15) is 14.4 Å². The van der Waals surface area contributed by atoms with Crippen molar-refractivity contribution in [2.75, 3.05) is 77.3 Å². The van der Waals surface area contributed by atoms with E-state index in [0.717, 1.165) is 120 Å². The normalized spacial score (nSPS) is 21.9. The maximum Gasteiger partial charge on any atom is 0.319 e. The van der Waals surface area contributed by atoms with E-state index in [-0.39, 0.29) is 28.9 Å². The van der Waals surface area contributed by atoms with Gasteiger partial charge < -0.3 is 20.4 Å². The van der Waals surface area contributed by atoms with Crippen LogP contribution < -0.4 is 10.6 Å². The third kappa shape index (κ3) is 12.6. The number of anilines is 1. The van der Waals surface area contributed by atoms with Gasteiger partial charge in [0.1, 0.15) is 0 Å². The average Bonchev–Trinajstić information content (AvgIpc) is 3.35. The molecule has 4 saturated heterocycles. The van der Waals surface area contributed by atoms with E-state index in [1.165, 1.54) is 16.7 Å². The summed E-state index contributed by atoms with van der Waals surface area (Å²) in [6, 6.07) is 26.6. The van der Waals surface area contributed by atoms with Crippen molar-refractivity contribution in [3.05, 3.63) is 130 Å². The van der Waals surface area contributed by atoms with E-state index in [1.807, 2.05) is 81.4 Å². The maximum atomic E-state index is 13.4. The molecule has 12 nitrogen and oxygen atoms in total. The van der Waals surface area contributed by atoms with Crippen molar-refractivity contribution >= 4 is 23.5 Å². The Bertz CT molecular complexity index is 2390. The van der Waals surface area contributed by atoms with Gasteiger partial charge in [0.25, 0.3) is 11.8 Å². The fourth-order valence-electron chi connectivity index (χ4n) is 12.1. The Hall–Kier alpha value is -5.14. The highest BCUT2D eigenvalue weighted by atomic mass is 16.2. The summed E-state index contributed by atoms with van der Waals surface area (Å²) in [5.74, 6) is 0.285. The lowest BCUT2D eigenvalue weighted by Gasteiger charge is -2.53. The number of aromatic nitrogens is 1. The first-order valence-corrected chi connectivity index (χ1v) is 26.7. The summed E-state index contributed by atoms with van der Waals surface area (Å²) in [5, 5.41) is 5.55. The number of benzene rings is 3. The van der Waals surface area contributed by atoms with Gasteiger partial charge in [-0.25, -0.2) is 4.79 Å². The summed E-state index contributed by atoms with van der Waals surface area (Å²) < 4.78 is 0. The summed E-state index contributed by atoms with van der Waals surface area (Å²) in [4.78, 5) is 57.4. The third-order valence-electron chi connectivity index (χ3n) is 16.8. The molecule has 0 unspecified atom stereocenters. The van der Waals surface area contributed by atoms with Gasteiger partial charge >= 0.3 is 6.03 Å². The zero-order chi connectivity index (χ0) is 51.0. The Morgan fingerprint density at radius 1 is 0.648 bits per heavy atom. The topological polar surface area (TPSA) is 108 Å². The van der Waals surface area contributed by atoms with Crippen molar-refractivity contribution in [3.8, 4) is 0 Å². The van der Waals surface area contributed by atoms with E-state index in [1.54, 1.807) is 0 Å².